The van der Waals surface area contributed by atoms with Crippen LogP contribution >= 0.6 is 0 Å². The van der Waals surface area contributed by atoms with Crippen LogP contribution in [0.3, 0.4) is 0 Å². The van der Waals surface area contributed by atoms with Crippen molar-refractivity contribution >= 4 is 20.2 Å². The molecule has 0 unspecified atom stereocenters. The van der Waals surface area contributed by atoms with E-state index < -0.39 is 20.2 Å². The molecule has 0 aliphatic heterocycles. The predicted molar refractivity (Wildman–Crippen MR) is 128 cm³/mol. The summed E-state index contributed by atoms with van der Waals surface area (Å²) in [5.74, 6) is 0.0954. The minimum Gasteiger partial charge on any atom is -0.508 e. The van der Waals surface area contributed by atoms with Crippen LogP contribution in [0.4, 0.5) is 0 Å². The maximum Gasteiger partial charge on any atom is 0.339 e. The fourth-order valence-corrected chi connectivity index (χ4v) is 5.37. The highest BCUT2D eigenvalue weighted by atomic mass is 32.2. The van der Waals surface area contributed by atoms with Gasteiger partial charge in [0.25, 0.3) is 10.1 Å². The van der Waals surface area contributed by atoms with Crippen LogP contribution in [-0.4, -0.2) is 26.5 Å². The average Bonchev–Trinajstić information content (AvgIpc) is 2.79. The number of benzene rings is 4. The fourth-order valence-electron chi connectivity index (χ4n) is 3.52. The Balaban J connectivity index is 1.68. The number of aryl methyl sites for hydroxylation is 1. The molecule has 0 atom stereocenters. The van der Waals surface area contributed by atoms with E-state index in [-0.39, 0.29) is 26.9 Å². The number of rotatable bonds is 6. The molecule has 0 fully saturated rings. The maximum absolute atomic E-state index is 13.1. The van der Waals surface area contributed by atoms with E-state index in [1.54, 1.807) is 30.3 Å². The quantitative estimate of drug-likeness (QED) is 0.283. The van der Waals surface area contributed by atoms with Crippen molar-refractivity contribution in [3.05, 3.63) is 96.6 Å². The highest BCUT2D eigenvalue weighted by molar-refractivity contribution is 7.87. The third kappa shape index (κ3) is 4.96. The molecule has 0 aromatic heterocycles. The zero-order valence-electron chi connectivity index (χ0n) is 17.9. The summed E-state index contributed by atoms with van der Waals surface area (Å²) in [7, 11) is -8.66. The van der Waals surface area contributed by atoms with E-state index >= 15 is 0 Å². The summed E-state index contributed by atoms with van der Waals surface area (Å²) in [5.41, 5.74) is 2.61. The molecule has 4 aromatic carbocycles. The Labute approximate surface area is 197 Å². The molecule has 0 spiro atoms. The number of phenols is 1. The summed E-state index contributed by atoms with van der Waals surface area (Å²) < 4.78 is 64.4. The summed E-state index contributed by atoms with van der Waals surface area (Å²) in [6, 6.07) is 22.8. The van der Waals surface area contributed by atoms with E-state index in [2.05, 4.69) is 0 Å². The van der Waals surface area contributed by atoms with Crippen molar-refractivity contribution in [1.82, 2.24) is 0 Å². The Morgan fingerprint density at radius 3 is 1.91 bits per heavy atom. The third-order valence-corrected chi connectivity index (χ3v) is 7.34. The van der Waals surface area contributed by atoms with Gasteiger partial charge in [-0.1, -0.05) is 54.1 Å². The zero-order valence-corrected chi connectivity index (χ0v) is 19.5. The van der Waals surface area contributed by atoms with E-state index in [1.807, 2.05) is 6.92 Å². The van der Waals surface area contributed by atoms with Gasteiger partial charge in [0, 0.05) is 11.1 Å². The third-order valence-electron chi connectivity index (χ3n) is 5.12. The SMILES string of the molecule is Cc1ccc(S(=O)(=O)Oc2ccc(-c3ccccc3S(=O)(=O)O)cc2)c(-c2ccc(O)cc2)c1. The van der Waals surface area contributed by atoms with E-state index in [1.165, 1.54) is 60.7 Å². The molecule has 2 N–H and O–H groups in total. The van der Waals surface area contributed by atoms with Gasteiger partial charge in [0.2, 0.25) is 0 Å². The topological polar surface area (TPSA) is 118 Å². The fraction of sp³-hybridized carbons (Fsp3) is 0.0400. The van der Waals surface area contributed by atoms with Gasteiger partial charge in [-0.15, -0.1) is 0 Å². The Kier molecular flexibility index (Phi) is 6.18. The molecule has 4 aromatic rings. The molecule has 0 radical (unpaired) electrons. The zero-order chi connectivity index (χ0) is 24.5. The first-order valence-corrected chi connectivity index (χ1v) is 12.9. The molecule has 9 heteroatoms. The first-order chi connectivity index (χ1) is 16.0. The normalized spacial score (nSPS) is 11.8. The molecule has 0 heterocycles. The molecular weight excluding hydrogens is 476 g/mol. The van der Waals surface area contributed by atoms with Gasteiger partial charge < -0.3 is 9.29 Å². The molecular formula is C25H20O7S2. The van der Waals surface area contributed by atoms with Crippen molar-refractivity contribution in [3.8, 4) is 33.8 Å². The molecule has 0 aliphatic carbocycles. The molecule has 7 nitrogen and oxygen atoms in total. The largest absolute Gasteiger partial charge is 0.508 e. The average molecular weight is 497 g/mol. The molecule has 174 valence electrons. The van der Waals surface area contributed by atoms with Gasteiger partial charge in [0.15, 0.2) is 0 Å². The number of phenolic OH excluding ortho intramolecular Hbond substituents is 1. The van der Waals surface area contributed by atoms with Gasteiger partial charge >= 0.3 is 10.1 Å². The van der Waals surface area contributed by atoms with Crippen LogP contribution in [-0.2, 0) is 20.2 Å². The lowest BCUT2D eigenvalue weighted by Gasteiger charge is -2.13. The van der Waals surface area contributed by atoms with Crippen LogP contribution in [0.5, 0.6) is 11.5 Å². The van der Waals surface area contributed by atoms with Gasteiger partial charge in [-0.3, -0.25) is 4.55 Å². The second kappa shape index (κ2) is 8.94. The van der Waals surface area contributed by atoms with E-state index in [4.69, 9.17) is 4.18 Å². The van der Waals surface area contributed by atoms with Crippen LogP contribution < -0.4 is 4.18 Å². The van der Waals surface area contributed by atoms with Gasteiger partial charge in [-0.2, -0.15) is 16.8 Å². The first kappa shape index (κ1) is 23.5. The number of aromatic hydroxyl groups is 1. The van der Waals surface area contributed by atoms with Gasteiger partial charge in [0.1, 0.15) is 21.3 Å². The Bertz CT molecular complexity index is 1560. The highest BCUT2D eigenvalue weighted by Gasteiger charge is 2.22. The van der Waals surface area contributed by atoms with Gasteiger partial charge in [-0.25, -0.2) is 0 Å². The number of hydrogen-bond acceptors (Lipinski definition) is 6. The van der Waals surface area contributed by atoms with Crippen LogP contribution in [0.25, 0.3) is 22.3 Å². The summed E-state index contributed by atoms with van der Waals surface area (Å²) in [5, 5.41) is 9.56. The van der Waals surface area contributed by atoms with Gasteiger partial charge in [-0.05, 0) is 60.5 Å². The minimum atomic E-state index is -4.44. The van der Waals surface area contributed by atoms with Crippen molar-refractivity contribution in [3.63, 3.8) is 0 Å². The predicted octanol–water partition coefficient (Wildman–Crippen LogP) is 5.05. The second-order valence-electron chi connectivity index (χ2n) is 7.58. The Morgan fingerprint density at radius 2 is 1.26 bits per heavy atom. The number of hydrogen-bond donors (Lipinski definition) is 2. The molecule has 0 bridgehead atoms. The highest BCUT2D eigenvalue weighted by Crippen LogP contribution is 2.33. The molecule has 0 saturated carbocycles. The molecule has 4 rings (SSSR count). The van der Waals surface area contributed by atoms with Crippen LogP contribution in [0.15, 0.2) is 101 Å². The lowest BCUT2D eigenvalue weighted by atomic mass is 10.0. The lowest BCUT2D eigenvalue weighted by Crippen LogP contribution is -2.11. The van der Waals surface area contributed by atoms with Crippen LogP contribution in [0.1, 0.15) is 5.56 Å². The van der Waals surface area contributed by atoms with Crippen LogP contribution in [0.2, 0.25) is 0 Å². The summed E-state index contributed by atoms with van der Waals surface area (Å²) in [4.78, 5) is -0.293. The summed E-state index contributed by atoms with van der Waals surface area (Å²) >= 11 is 0. The van der Waals surface area contributed by atoms with E-state index in [0.29, 0.717) is 16.7 Å². The maximum atomic E-state index is 13.1. The van der Waals surface area contributed by atoms with Crippen molar-refractivity contribution in [2.45, 2.75) is 16.7 Å². The first-order valence-electron chi connectivity index (χ1n) is 10.1. The van der Waals surface area contributed by atoms with Crippen LogP contribution in [0, 0.1) is 6.92 Å². The smallest absolute Gasteiger partial charge is 0.339 e. The van der Waals surface area contributed by atoms with Crippen molar-refractivity contribution < 1.29 is 30.7 Å². The van der Waals surface area contributed by atoms with E-state index in [9.17, 15) is 26.5 Å². The molecule has 0 amide bonds. The molecule has 34 heavy (non-hydrogen) atoms. The Morgan fingerprint density at radius 1 is 0.676 bits per heavy atom. The molecule has 0 saturated heterocycles. The van der Waals surface area contributed by atoms with Crippen molar-refractivity contribution in [2.24, 2.45) is 0 Å². The lowest BCUT2D eigenvalue weighted by molar-refractivity contribution is 0.475. The monoisotopic (exact) mass is 496 g/mol. The standard InChI is InChI=1S/C25H20O7S2/c1-17-6-15-25(23(16-17)19-7-11-20(26)12-8-19)34(30,31)32-21-13-9-18(10-14-21)22-4-2-3-5-24(22)33(27,28)29/h2-16,26H,1H3,(H,27,28,29). The second-order valence-corrected chi connectivity index (χ2v) is 10.5. The van der Waals surface area contributed by atoms with E-state index in [0.717, 1.165) is 5.56 Å². The van der Waals surface area contributed by atoms with Crippen molar-refractivity contribution in [2.75, 3.05) is 0 Å². The minimum absolute atomic E-state index is 0.0327. The Hall–Kier alpha value is -3.66. The summed E-state index contributed by atoms with van der Waals surface area (Å²) in [6.07, 6.45) is 0. The van der Waals surface area contributed by atoms with Crippen molar-refractivity contribution in [1.29, 1.82) is 0 Å². The summed E-state index contributed by atoms with van der Waals surface area (Å²) in [6.45, 7) is 1.84. The molecule has 0 aliphatic rings. The van der Waals surface area contributed by atoms with Gasteiger partial charge in [0.05, 0.1) is 0 Å².